The highest BCUT2D eigenvalue weighted by Gasteiger charge is 2.17. The summed E-state index contributed by atoms with van der Waals surface area (Å²) in [4.78, 5) is 11.5. The Morgan fingerprint density at radius 3 is 2.47 bits per heavy atom. The van der Waals surface area contributed by atoms with Crippen molar-refractivity contribution in [2.45, 2.75) is 71.4 Å². The summed E-state index contributed by atoms with van der Waals surface area (Å²) < 4.78 is 5.20. The first kappa shape index (κ1) is 16.3. The summed E-state index contributed by atoms with van der Waals surface area (Å²) in [5.41, 5.74) is -0.428. The molecule has 112 valence electrons. The van der Waals surface area contributed by atoms with Crippen LogP contribution in [0.2, 0.25) is 0 Å². The van der Waals surface area contributed by atoms with Crippen LogP contribution in [0.1, 0.15) is 59.8 Å². The van der Waals surface area contributed by atoms with E-state index in [1.54, 1.807) is 0 Å². The average molecular weight is 270 g/mol. The Morgan fingerprint density at radius 2 is 1.89 bits per heavy atom. The lowest BCUT2D eigenvalue weighted by Gasteiger charge is -2.24. The van der Waals surface area contributed by atoms with Gasteiger partial charge in [0, 0.05) is 12.6 Å². The van der Waals surface area contributed by atoms with E-state index in [-0.39, 0.29) is 12.1 Å². The lowest BCUT2D eigenvalue weighted by atomic mass is 9.89. The van der Waals surface area contributed by atoms with Gasteiger partial charge in [0.2, 0.25) is 0 Å². The van der Waals surface area contributed by atoms with Crippen molar-refractivity contribution in [3.8, 4) is 0 Å². The molecular weight excluding hydrogens is 240 g/mol. The second-order valence-electron chi connectivity index (χ2n) is 6.70. The molecule has 4 nitrogen and oxygen atoms in total. The number of alkyl carbamates (subject to hydrolysis) is 1. The van der Waals surface area contributed by atoms with Crippen LogP contribution in [-0.2, 0) is 4.74 Å². The SMILES string of the molecule is CC(CNC(=O)OC(C)(C)C)NCC1CCCCC1. The van der Waals surface area contributed by atoms with Crippen LogP contribution in [0.4, 0.5) is 4.79 Å². The van der Waals surface area contributed by atoms with Gasteiger partial charge >= 0.3 is 6.09 Å². The maximum absolute atomic E-state index is 11.5. The van der Waals surface area contributed by atoms with E-state index >= 15 is 0 Å². The molecule has 1 unspecified atom stereocenters. The fourth-order valence-corrected chi connectivity index (χ4v) is 2.38. The van der Waals surface area contributed by atoms with Crippen LogP contribution in [0.3, 0.4) is 0 Å². The van der Waals surface area contributed by atoms with E-state index in [1.165, 1.54) is 32.1 Å². The first-order chi connectivity index (χ1) is 8.87. The molecule has 0 heterocycles. The topological polar surface area (TPSA) is 50.4 Å². The van der Waals surface area contributed by atoms with Crippen molar-refractivity contribution in [2.75, 3.05) is 13.1 Å². The smallest absolute Gasteiger partial charge is 0.407 e. The van der Waals surface area contributed by atoms with Crippen LogP contribution in [-0.4, -0.2) is 30.8 Å². The molecule has 0 aromatic heterocycles. The Morgan fingerprint density at radius 1 is 1.26 bits per heavy atom. The third-order valence-electron chi connectivity index (χ3n) is 3.43. The predicted octanol–water partition coefficient (Wildman–Crippen LogP) is 3.07. The van der Waals surface area contributed by atoms with Crippen molar-refractivity contribution in [1.82, 2.24) is 10.6 Å². The maximum atomic E-state index is 11.5. The minimum Gasteiger partial charge on any atom is -0.444 e. The van der Waals surface area contributed by atoms with Gasteiger partial charge in [0.25, 0.3) is 0 Å². The van der Waals surface area contributed by atoms with Crippen molar-refractivity contribution >= 4 is 6.09 Å². The van der Waals surface area contributed by atoms with Gasteiger partial charge in [0.1, 0.15) is 5.60 Å². The Kier molecular flexibility index (Phi) is 6.63. The van der Waals surface area contributed by atoms with Crippen LogP contribution in [0.15, 0.2) is 0 Å². The number of nitrogens with one attached hydrogen (secondary N) is 2. The van der Waals surface area contributed by atoms with Gasteiger partial charge in [-0.25, -0.2) is 4.79 Å². The van der Waals surface area contributed by atoms with Crippen LogP contribution in [0.25, 0.3) is 0 Å². The molecule has 1 saturated carbocycles. The molecule has 0 saturated heterocycles. The first-order valence-electron chi connectivity index (χ1n) is 7.57. The first-order valence-corrected chi connectivity index (χ1v) is 7.57. The lowest BCUT2D eigenvalue weighted by Crippen LogP contribution is -2.42. The van der Waals surface area contributed by atoms with Crippen LogP contribution < -0.4 is 10.6 Å². The Labute approximate surface area is 117 Å². The fourth-order valence-electron chi connectivity index (χ4n) is 2.38. The van der Waals surface area contributed by atoms with Crippen LogP contribution in [0.5, 0.6) is 0 Å². The number of ether oxygens (including phenoxy) is 1. The van der Waals surface area contributed by atoms with E-state index in [2.05, 4.69) is 17.6 Å². The summed E-state index contributed by atoms with van der Waals surface area (Å²) in [6.07, 6.45) is 6.50. The number of amides is 1. The minimum atomic E-state index is -0.428. The second-order valence-corrected chi connectivity index (χ2v) is 6.70. The third kappa shape index (κ3) is 8.09. The third-order valence-corrected chi connectivity index (χ3v) is 3.43. The Balaban J connectivity index is 2.10. The molecule has 0 aliphatic heterocycles. The largest absolute Gasteiger partial charge is 0.444 e. The number of rotatable bonds is 5. The van der Waals surface area contributed by atoms with E-state index in [4.69, 9.17) is 4.74 Å². The highest BCUT2D eigenvalue weighted by atomic mass is 16.6. The van der Waals surface area contributed by atoms with Gasteiger partial charge in [-0.05, 0) is 53.0 Å². The van der Waals surface area contributed by atoms with Gasteiger partial charge < -0.3 is 15.4 Å². The Hall–Kier alpha value is -0.770. The standard InChI is InChI=1S/C15H30N2O2/c1-12(10-17-14(18)19-15(2,3)4)16-11-13-8-6-5-7-9-13/h12-13,16H,5-11H2,1-4H3,(H,17,18). The summed E-state index contributed by atoms with van der Waals surface area (Å²) in [5, 5.41) is 6.30. The van der Waals surface area contributed by atoms with Crippen molar-refractivity contribution in [1.29, 1.82) is 0 Å². The number of carbonyl (C=O) groups excluding carboxylic acids is 1. The summed E-state index contributed by atoms with van der Waals surface area (Å²) in [7, 11) is 0. The minimum absolute atomic E-state index is 0.287. The van der Waals surface area contributed by atoms with Gasteiger partial charge in [0.15, 0.2) is 0 Å². The molecule has 19 heavy (non-hydrogen) atoms. The second kappa shape index (κ2) is 7.73. The molecule has 0 aromatic carbocycles. The van der Waals surface area contributed by atoms with Gasteiger partial charge in [-0.15, -0.1) is 0 Å². The van der Waals surface area contributed by atoms with Gasteiger partial charge in [0.05, 0.1) is 0 Å². The van der Waals surface area contributed by atoms with Crippen LogP contribution in [0, 0.1) is 5.92 Å². The van der Waals surface area contributed by atoms with Crippen molar-refractivity contribution < 1.29 is 9.53 Å². The van der Waals surface area contributed by atoms with Gasteiger partial charge in [-0.1, -0.05) is 19.3 Å². The molecule has 1 amide bonds. The molecule has 4 heteroatoms. The number of carbonyl (C=O) groups is 1. The van der Waals surface area contributed by atoms with E-state index in [0.29, 0.717) is 6.54 Å². The maximum Gasteiger partial charge on any atom is 0.407 e. The summed E-state index contributed by atoms with van der Waals surface area (Å²) in [6, 6.07) is 0.287. The molecule has 1 atom stereocenters. The number of hydrogen-bond acceptors (Lipinski definition) is 3. The molecular formula is C15H30N2O2. The zero-order chi connectivity index (χ0) is 14.3. The van der Waals surface area contributed by atoms with E-state index in [1.807, 2.05) is 20.8 Å². The van der Waals surface area contributed by atoms with E-state index in [9.17, 15) is 4.79 Å². The predicted molar refractivity (Wildman–Crippen MR) is 78.3 cm³/mol. The van der Waals surface area contributed by atoms with Gasteiger partial charge in [-0.3, -0.25) is 0 Å². The molecule has 1 aliphatic rings. The lowest BCUT2D eigenvalue weighted by molar-refractivity contribution is 0.0523. The van der Waals surface area contributed by atoms with Crippen molar-refractivity contribution in [3.63, 3.8) is 0 Å². The van der Waals surface area contributed by atoms with Crippen LogP contribution >= 0.6 is 0 Å². The summed E-state index contributed by atoms with van der Waals surface area (Å²) in [5.74, 6) is 0.817. The number of hydrogen-bond donors (Lipinski definition) is 2. The monoisotopic (exact) mass is 270 g/mol. The van der Waals surface area contributed by atoms with E-state index < -0.39 is 5.60 Å². The molecule has 0 aromatic rings. The van der Waals surface area contributed by atoms with Gasteiger partial charge in [-0.2, -0.15) is 0 Å². The molecule has 0 radical (unpaired) electrons. The van der Waals surface area contributed by atoms with E-state index in [0.717, 1.165) is 12.5 Å². The fraction of sp³-hybridized carbons (Fsp3) is 0.933. The Bertz CT molecular complexity index is 268. The zero-order valence-electron chi connectivity index (χ0n) is 12.9. The molecule has 0 spiro atoms. The highest BCUT2D eigenvalue weighted by Crippen LogP contribution is 2.22. The zero-order valence-corrected chi connectivity index (χ0v) is 12.9. The highest BCUT2D eigenvalue weighted by molar-refractivity contribution is 5.67. The normalized spacial score (nSPS) is 18.9. The summed E-state index contributed by atoms with van der Waals surface area (Å²) >= 11 is 0. The molecule has 1 rings (SSSR count). The molecule has 0 bridgehead atoms. The quantitative estimate of drug-likeness (QED) is 0.807. The van der Waals surface area contributed by atoms with Crippen molar-refractivity contribution in [2.24, 2.45) is 5.92 Å². The van der Waals surface area contributed by atoms with Crippen molar-refractivity contribution in [3.05, 3.63) is 0 Å². The molecule has 1 aliphatic carbocycles. The summed E-state index contributed by atoms with van der Waals surface area (Å²) in [6.45, 7) is 9.39. The average Bonchev–Trinajstić information content (AvgIpc) is 2.33. The molecule has 1 fully saturated rings. The molecule has 2 N–H and O–H groups in total.